The summed E-state index contributed by atoms with van der Waals surface area (Å²) < 4.78 is 5.75. The molecule has 0 aliphatic heterocycles. The molecule has 0 aromatic rings. The fourth-order valence-corrected chi connectivity index (χ4v) is 1.34. The average Bonchev–Trinajstić information content (AvgIpc) is 1.94. The molecule has 0 aromatic heterocycles. The first-order valence-corrected chi connectivity index (χ1v) is 4.72. The molecule has 0 radical (unpaired) electrons. The lowest BCUT2D eigenvalue weighted by molar-refractivity contribution is -0.0501. The van der Waals surface area contributed by atoms with E-state index < -0.39 is 0 Å². The minimum absolute atomic E-state index is 0.324. The third-order valence-corrected chi connectivity index (χ3v) is 2.31. The molecule has 1 aliphatic carbocycles. The van der Waals surface area contributed by atoms with Crippen molar-refractivity contribution in [1.82, 2.24) is 0 Å². The Labute approximate surface area is 69.1 Å². The molecule has 1 atom stereocenters. The van der Waals surface area contributed by atoms with E-state index in [1.54, 1.807) is 0 Å². The second-order valence-electron chi connectivity index (χ2n) is 3.34. The fourth-order valence-electron chi connectivity index (χ4n) is 1.34. The van der Waals surface area contributed by atoms with Gasteiger partial charge in [-0.1, -0.05) is 13.3 Å². The summed E-state index contributed by atoms with van der Waals surface area (Å²) in [4.78, 5) is 0. The van der Waals surface area contributed by atoms with Crippen LogP contribution >= 0.6 is 0 Å². The number of rotatable bonds is 5. The molecule has 1 fully saturated rings. The Balaban J connectivity index is 2.08. The van der Waals surface area contributed by atoms with Crippen LogP contribution in [-0.4, -0.2) is 18.8 Å². The predicted octanol–water partition coefficient (Wildman–Crippen LogP) is 1.68. The van der Waals surface area contributed by atoms with Crippen molar-refractivity contribution in [1.29, 1.82) is 0 Å². The molecule has 0 amide bonds. The molecule has 11 heavy (non-hydrogen) atoms. The Morgan fingerprint density at radius 1 is 1.55 bits per heavy atom. The number of hydrogen-bond donors (Lipinski definition) is 1. The van der Waals surface area contributed by atoms with E-state index in [0.29, 0.717) is 18.8 Å². The quantitative estimate of drug-likeness (QED) is 0.659. The van der Waals surface area contributed by atoms with E-state index in [-0.39, 0.29) is 0 Å². The van der Waals surface area contributed by atoms with Crippen molar-refractivity contribution in [3.63, 3.8) is 0 Å². The first kappa shape index (κ1) is 9.01. The standard InChI is InChI=1S/C9H19NO/c1-2-4-9(7-10)11-8-5-3-6-8/h8-9H,2-7,10H2,1H3. The van der Waals surface area contributed by atoms with E-state index in [0.717, 1.165) is 6.42 Å². The first-order valence-electron chi connectivity index (χ1n) is 4.72. The third kappa shape index (κ3) is 2.80. The molecular weight excluding hydrogens is 138 g/mol. The van der Waals surface area contributed by atoms with Crippen molar-refractivity contribution in [3.8, 4) is 0 Å². The summed E-state index contributed by atoms with van der Waals surface area (Å²) in [6, 6.07) is 0. The molecule has 0 aromatic carbocycles. The van der Waals surface area contributed by atoms with Crippen LogP contribution in [0.3, 0.4) is 0 Å². The monoisotopic (exact) mass is 157 g/mol. The summed E-state index contributed by atoms with van der Waals surface area (Å²) in [5.74, 6) is 0. The van der Waals surface area contributed by atoms with Crippen LogP contribution in [0.15, 0.2) is 0 Å². The summed E-state index contributed by atoms with van der Waals surface area (Å²) in [6.45, 7) is 2.86. The Morgan fingerprint density at radius 2 is 2.27 bits per heavy atom. The Morgan fingerprint density at radius 3 is 2.64 bits per heavy atom. The molecule has 2 heteroatoms. The molecular formula is C9H19NO. The van der Waals surface area contributed by atoms with Gasteiger partial charge in [0, 0.05) is 6.54 Å². The van der Waals surface area contributed by atoms with E-state index in [2.05, 4.69) is 6.92 Å². The van der Waals surface area contributed by atoms with E-state index in [1.165, 1.54) is 25.7 Å². The van der Waals surface area contributed by atoms with Gasteiger partial charge >= 0.3 is 0 Å². The van der Waals surface area contributed by atoms with Crippen LogP contribution in [0, 0.1) is 0 Å². The van der Waals surface area contributed by atoms with Crippen LogP contribution in [0.1, 0.15) is 39.0 Å². The van der Waals surface area contributed by atoms with E-state index in [1.807, 2.05) is 0 Å². The van der Waals surface area contributed by atoms with Gasteiger partial charge in [0.25, 0.3) is 0 Å². The number of nitrogens with two attached hydrogens (primary N) is 1. The van der Waals surface area contributed by atoms with Crippen molar-refractivity contribution in [2.45, 2.75) is 51.2 Å². The maximum Gasteiger partial charge on any atom is 0.0700 e. The minimum atomic E-state index is 0.324. The highest BCUT2D eigenvalue weighted by molar-refractivity contribution is 4.72. The molecule has 0 spiro atoms. The summed E-state index contributed by atoms with van der Waals surface area (Å²) in [6.07, 6.45) is 7.00. The lowest BCUT2D eigenvalue weighted by Crippen LogP contribution is -2.32. The van der Waals surface area contributed by atoms with Crippen LogP contribution in [0.2, 0.25) is 0 Å². The molecule has 2 nitrogen and oxygen atoms in total. The second-order valence-corrected chi connectivity index (χ2v) is 3.34. The van der Waals surface area contributed by atoms with Gasteiger partial charge in [-0.15, -0.1) is 0 Å². The van der Waals surface area contributed by atoms with Crippen LogP contribution in [0.4, 0.5) is 0 Å². The molecule has 2 N–H and O–H groups in total. The molecule has 1 aliphatic rings. The van der Waals surface area contributed by atoms with Gasteiger partial charge < -0.3 is 10.5 Å². The minimum Gasteiger partial charge on any atom is -0.374 e. The van der Waals surface area contributed by atoms with E-state index in [4.69, 9.17) is 10.5 Å². The highest BCUT2D eigenvalue weighted by Crippen LogP contribution is 2.23. The van der Waals surface area contributed by atoms with Gasteiger partial charge in [-0.25, -0.2) is 0 Å². The summed E-state index contributed by atoms with van der Waals surface area (Å²) in [5, 5.41) is 0. The van der Waals surface area contributed by atoms with Gasteiger partial charge in [0.2, 0.25) is 0 Å². The third-order valence-electron chi connectivity index (χ3n) is 2.31. The molecule has 1 saturated carbocycles. The predicted molar refractivity (Wildman–Crippen MR) is 46.5 cm³/mol. The maximum absolute atomic E-state index is 5.75. The van der Waals surface area contributed by atoms with E-state index in [9.17, 15) is 0 Å². The van der Waals surface area contributed by atoms with E-state index >= 15 is 0 Å². The second kappa shape index (κ2) is 4.73. The number of hydrogen-bond acceptors (Lipinski definition) is 2. The molecule has 0 heterocycles. The van der Waals surface area contributed by atoms with Crippen LogP contribution in [-0.2, 0) is 4.74 Å². The zero-order chi connectivity index (χ0) is 8.10. The molecule has 1 unspecified atom stereocenters. The highest BCUT2D eigenvalue weighted by atomic mass is 16.5. The topological polar surface area (TPSA) is 35.2 Å². The molecule has 1 rings (SSSR count). The summed E-state index contributed by atoms with van der Waals surface area (Å²) >= 11 is 0. The van der Waals surface area contributed by atoms with Crippen molar-refractivity contribution in [3.05, 3.63) is 0 Å². The molecule has 66 valence electrons. The van der Waals surface area contributed by atoms with Crippen LogP contribution < -0.4 is 5.73 Å². The van der Waals surface area contributed by atoms with Gasteiger partial charge in [0.1, 0.15) is 0 Å². The van der Waals surface area contributed by atoms with Gasteiger partial charge in [-0.2, -0.15) is 0 Å². The molecule has 0 bridgehead atoms. The maximum atomic E-state index is 5.75. The average molecular weight is 157 g/mol. The van der Waals surface area contributed by atoms with Gasteiger partial charge in [-0.3, -0.25) is 0 Å². The van der Waals surface area contributed by atoms with Crippen molar-refractivity contribution < 1.29 is 4.74 Å². The SMILES string of the molecule is CCCC(CN)OC1CCC1. The zero-order valence-corrected chi connectivity index (χ0v) is 7.38. The Hall–Kier alpha value is -0.0800. The van der Waals surface area contributed by atoms with Crippen molar-refractivity contribution in [2.24, 2.45) is 5.73 Å². The summed E-state index contributed by atoms with van der Waals surface area (Å²) in [5.41, 5.74) is 5.56. The smallest absolute Gasteiger partial charge is 0.0700 e. The van der Waals surface area contributed by atoms with Crippen molar-refractivity contribution in [2.75, 3.05) is 6.54 Å². The largest absolute Gasteiger partial charge is 0.374 e. The van der Waals surface area contributed by atoms with Gasteiger partial charge in [0.05, 0.1) is 12.2 Å². The van der Waals surface area contributed by atoms with Gasteiger partial charge in [0.15, 0.2) is 0 Å². The first-order chi connectivity index (χ1) is 5.36. The number of ether oxygens (including phenoxy) is 1. The molecule has 0 saturated heterocycles. The zero-order valence-electron chi connectivity index (χ0n) is 7.38. The van der Waals surface area contributed by atoms with Gasteiger partial charge in [-0.05, 0) is 25.7 Å². The van der Waals surface area contributed by atoms with Crippen LogP contribution in [0.25, 0.3) is 0 Å². The lowest BCUT2D eigenvalue weighted by Gasteiger charge is -2.29. The fraction of sp³-hybridized carbons (Fsp3) is 1.00. The highest BCUT2D eigenvalue weighted by Gasteiger charge is 2.21. The Bertz CT molecular complexity index is 102. The Kier molecular flexibility index (Phi) is 3.87. The van der Waals surface area contributed by atoms with Crippen molar-refractivity contribution >= 4 is 0 Å². The lowest BCUT2D eigenvalue weighted by atomic mass is 9.96. The van der Waals surface area contributed by atoms with Crippen LogP contribution in [0.5, 0.6) is 0 Å². The summed E-state index contributed by atoms with van der Waals surface area (Å²) in [7, 11) is 0. The normalized spacial score (nSPS) is 21.3.